The molecule has 1 rings (SSSR count). The fourth-order valence-electron chi connectivity index (χ4n) is 1.66. The largest absolute Gasteiger partial charge is 0.480 e. The van der Waals surface area contributed by atoms with Crippen molar-refractivity contribution in [1.29, 1.82) is 0 Å². The van der Waals surface area contributed by atoms with E-state index in [9.17, 15) is 19.3 Å². The van der Waals surface area contributed by atoms with Gasteiger partial charge in [0.25, 0.3) is 0 Å². The van der Waals surface area contributed by atoms with Gasteiger partial charge in [-0.2, -0.15) is 4.39 Å². The lowest BCUT2D eigenvalue weighted by Crippen LogP contribution is -2.31. The summed E-state index contributed by atoms with van der Waals surface area (Å²) in [5, 5.41) is 19.6. The number of hydrogen-bond acceptors (Lipinski definition) is 4. The van der Waals surface area contributed by atoms with Gasteiger partial charge in [-0.1, -0.05) is 13.0 Å². The van der Waals surface area contributed by atoms with Crippen molar-refractivity contribution in [2.45, 2.75) is 13.3 Å². The van der Waals surface area contributed by atoms with Crippen molar-refractivity contribution in [3.8, 4) is 0 Å². The highest BCUT2D eigenvalue weighted by molar-refractivity contribution is 5.76. The molecular formula is C11H13FN2O4. The molecule has 0 heterocycles. The van der Waals surface area contributed by atoms with Gasteiger partial charge in [-0.25, -0.2) is 0 Å². The number of carboxylic acids is 1. The molecule has 0 spiro atoms. The van der Waals surface area contributed by atoms with Crippen molar-refractivity contribution in [2.75, 3.05) is 18.0 Å². The Morgan fingerprint density at radius 2 is 2.22 bits per heavy atom. The molecule has 0 bridgehead atoms. The first-order valence-electron chi connectivity index (χ1n) is 5.37. The van der Waals surface area contributed by atoms with E-state index in [2.05, 4.69) is 0 Å². The van der Waals surface area contributed by atoms with E-state index in [-0.39, 0.29) is 5.69 Å². The second-order valence-corrected chi connectivity index (χ2v) is 3.68. The molecule has 0 atom stereocenters. The van der Waals surface area contributed by atoms with Crippen LogP contribution in [0.1, 0.15) is 13.3 Å². The third kappa shape index (κ3) is 3.16. The molecule has 1 aromatic rings. The minimum absolute atomic E-state index is 0.00995. The number of halogens is 1. The molecule has 0 saturated heterocycles. The molecule has 18 heavy (non-hydrogen) atoms. The SMILES string of the molecule is CCCN(CC(=O)O)c1cccc(F)c1[N+](=O)[O-]. The predicted molar refractivity (Wildman–Crippen MR) is 63.2 cm³/mol. The minimum atomic E-state index is -1.12. The number of nitro groups is 1. The van der Waals surface area contributed by atoms with Crippen molar-refractivity contribution >= 4 is 17.3 Å². The maximum Gasteiger partial charge on any atom is 0.327 e. The Morgan fingerprint density at radius 1 is 1.56 bits per heavy atom. The second-order valence-electron chi connectivity index (χ2n) is 3.68. The lowest BCUT2D eigenvalue weighted by molar-refractivity contribution is -0.386. The number of anilines is 1. The molecule has 0 aliphatic rings. The Hall–Kier alpha value is -2.18. The summed E-state index contributed by atoms with van der Waals surface area (Å²) < 4.78 is 13.4. The number of para-hydroxylation sites is 1. The van der Waals surface area contributed by atoms with E-state index in [0.29, 0.717) is 13.0 Å². The summed E-state index contributed by atoms with van der Waals surface area (Å²) in [4.78, 5) is 22.0. The van der Waals surface area contributed by atoms with Gasteiger partial charge in [0.2, 0.25) is 5.82 Å². The molecule has 0 aliphatic heterocycles. The van der Waals surface area contributed by atoms with Gasteiger partial charge in [0.05, 0.1) is 4.92 Å². The van der Waals surface area contributed by atoms with Gasteiger partial charge in [0.15, 0.2) is 0 Å². The van der Waals surface area contributed by atoms with Crippen LogP contribution in [0.15, 0.2) is 18.2 Å². The molecule has 0 fully saturated rings. The highest BCUT2D eigenvalue weighted by Gasteiger charge is 2.24. The standard InChI is InChI=1S/C11H13FN2O4/c1-2-6-13(7-10(15)16)9-5-3-4-8(12)11(9)14(17)18/h3-5H,2,6-7H2,1H3,(H,15,16). The maximum absolute atomic E-state index is 13.4. The summed E-state index contributed by atoms with van der Waals surface area (Å²) in [6.07, 6.45) is 0.598. The van der Waals surface area contributed by atoms with Gasteiger partial charge in [0.1, 0.15) is 12.2 Å². The molecule has 1 N–H and O–H groups in total. The van der Waals surface area contributed by atoms with E-state index in [1.165, 1.54) is 17.0 Å². The molecule has 0 unspecified atom stereocenters. The zero-order chi connectivity index (χ0) is 13.7. The van der Waals surface area contributed by atoms with E-state index >= 15 is 0 Å². The second kappa shape index (κ2) is 5.95. The van der Waals surface area contributed by atoms with Crippen LogP contribution in [0.2, 0.25) is 0 Å². The molecule has 0 radical (unpaired) electrons. The van der Waals surface area contributed by atoms with Crippen LogP contribution in [0.3, 0.4) is 0 Å². The number of hydrogen-bond donors (Lipinski definition) is 1. The average Bonchev–Trinajstić information content (AvgIpc) is 2.27. The first kappa shape index (κ1) is 13.9. The lowest BCUT2D eigenvalue weighted by Gasteiger charge is -2.21. The number of nitro benzene ring substituents is 1. The Bertz CT molecular complexity index is 464. The molecular weight excluding hydrogens is 243 g/mol. The van der Waals surface area contributed by atoms with Crippen molar-refractivity contribution < 1.29 is 19.2 Å². The quantitative estimate of drug-likeness (QED) is 0.622. The Morgan fingerprint density at radius 3 is 2.72 bits per heavy atom. The third-order valence-corrected chi connectivity index (χ3v) is 2.31. The summed E-state index contributed by atoms with van der Waals surface area (Å²) in [6.45, 7) is 1.70. The average molecular weight is 256 g/mol. The van der Waals surface area contributed by atoms with E-state index < -0.39 is 28.9 Å². The van der Waals surface area contributed by atoms with Crippen molar-refractivity contribution in [2.24, 2.45) is 0 Å². The molecule has 6 nitrogen and oxygen atoms in total. The van der Waals surface area contributed by atoms with Gasteiger partial charge < -0.3 is 10.0 Å². The normalized spacial score (nSPS) is 10.1. The van der Waals surface area contributed by atoms with Crippen LogP contribution < -0.4 is 4.90 Å². The van der Waals surface area contributed by atoms with Gasteiger partial charge in [-0.15, -0.1) is 0 Å². The van der Waals surface area contributed by atoms with Crippen LogP contribution in [-0.4, -0.2) is 29.1 Å². The first-order chi connectivity index (χ1) is 8.47. The highest BCUT2D eigenvalue weighted by atomic mass is 19.1. The fraction of sp³-hybridized carbons (Fsp3) is 0.364. The zero-order valence-electron chi connectivity index (χ0n) is 9.80. The van der Waals surface area contributed by atoms with Crippen LogP contribution in [0.5, 0.6) is 0 Å². The summed E-state index contributed by atoms with van der Waals surface area (Å²) in [7, 11) is 0. The van der Waals surface area contributed by atoms with Crippen molar-refractivity contribution in [3.63, 3.8) is 0 Å². The lowest BCUT2D eigenvalue weighted by atomic mass is 10.2. The number of benzene rings is 1. The van der Waals surface area contributed by atoms with E-state index in [0.717, 1.165) is 6.07 Å². The Labute approximate surface area is 103 Å². The predicted octanol–water partition coefficient (Wildman–Crippen LogP) is 2.03. The topological polar surface area (TPSA) is 83.7 Å². The van der Waals surface area contributed by atoms with E-state index in [4.69, 9.17) is 5.11 Å². The zero-order valence-corrected chi connectivity index (χ0v) is 9.80. The smallest absolute Gasteiger partial charge is 0.327 e. The highest BCUT2D eigenvalue weighted by Crippen LogP contribution is 2.30. The summed E-state index contributed by atoms with van der Waals surface area (Å²) in [6, 6.07) is 3.65. The Balaban J connectivity index is 3.22. The summed E-state index contributed by atoms with van der Waals surface area (Å²) in [5.74, 6) is -2.09. The van der Waals surface area contributed by atoms with E-state index in [1.54, 1.807) is 6.92 Å². The Kier molecular flexibility index (Phi) is 4.59. The van der Waals surface area contributed by atoms with E-state index in [1.807, 2.05) is 0 Å². The van der Waals surface area contributed by atoms with Gasteiger partial charge in [-0.05, 0) is 18.6 Å². The summed E-state index contributed by atoms with van der Waals surface area (Å²) in [5.41, 5.74) is -0.698. The molecule has 1 aromatic carbocycles. The fourth-order valence-corrected chi connectivity index (χ4v) is 1.66. The van der Waals surface area contributed by atoms with Crippen LogP contribution in [-0.2, 0) is 4.79 Å². The number of rotatable bonds is 6. The third-order valence-electron chi connectivity index (χ3n) is 2.31. The monoisotopic (exact) mass is 256 g/mol. The maximum atomic E-state index is 13.4. The molecule has 7 heteroatoms. The first-order valence-corrected chi connectivity index (χ1v) is 5.37. The number of aliphatic carboxylic acids is 1. The van der Waals surface area contributed by atoms with Crippen LogP contribution in [0, 0.1) is 15.9 Å². The number of carbonyl (C=O) groups is 1. The molecule has 0 aliphatic carbocycles. The molecule has 98 valence electrons. The molecule has 0 saturated carbocycles. The van der Waals surface area contributed by atoms with Crippen LogP contribution in [0.4, 0.5) is 15.8 Å². The number of carboxylic acid groups (broad SMARTS) is 1. The van der Waals surface area contributed by atoms with Crippen molar-refractivity contribution in [1.82, 2.24) is 0 Å². The minimum Gasteiger partial charge on any atom is -0.480 e. The van der Waals surface area contributed by atoms with Gasteiger partial charge in [-0.3, -0.25) is 14.9 Å². The summed E-state index contributed by atoms with van der Waals surface area (Å²) >= 11 is 0. The van der Waals surface area contributed by atoms with Crippen LogP contribution >= 0.6 is 0 Å². The molecule has 0 amide bonds. The molecule has 0 aromatic heterocycles. The van der Waals surface area contributed by atoms with Crippen molar-refractivity contribution in [3.05, 3.63) is 34.1 Å². The van der Waals surface area contributed by atoms with Crippen LogP contribution in [0.25, 0.3) is 0 Å². The van der Waals surface area contributed by atoms with Gasteiger partial charge >= 0.3 is 11.7 Å². The van der Waals surface area contributed by atoms with Gasteiger partial charge in [0, 0.05) is 6.54 Å². The number of nitrogens with zero attached hydrogens (tertiary/aromatic N) is 2.